The van der Waals surface area contributed by atoms with Crippen molar-refractivity contribution in [2.45, 2.75) is 18.9 Å². The Balaban J connectivity index is 1.40. The molecule has 0 spiro atoms. The SMILES string of the molecule is CN1c2cc(-c3cc(CN4CCN(S(C)(=O)=O)CC4)ccc3C#N)ccc2N(CC2CC2(F)F)S1(O)O. The fourth-order valence-electron chi connectivity index (χ4n) is 4.94. The van der Waals surface area contributed by atoms with Crippen LogP contribution in [0.25, 0.3) is 11.1 Å². The maximum absolute atomic E-state index is 13.6. The Morgan fingerprint density at radius 3 is 2.38 bits per heavy atom. The lowest BCUT2D eigenvalue weighted by molar-refractivity contribution is 0.101. The van der Waals surface area contributed by atoms with Gasteiger partial charge in [-0.15, -0.1) is 0 Å². The molecule has 2 heterocycles. The minimum Gasteiger partial charge on any atom is -0.296 e. The number of halogens is 2. The van der Waals surface area contributed by atoms with Crippen LogP contribution in [0.5, 0.6) is 0 Å². The number of rotatable bonds is 6. The minimum absolute atomic E-state index is 0.155. The number of alkyl halides is 2. The van der Waals surface area contributed by atoms with Crippen molar-refractivity contribution in [1.29, 1.82) is 5.26 Å². The lowest BCUT2D eigenvalue weighted by atomic mass is 9.96. The Bertz CT molecular complexity index is 1370. The maximum Gasteiger partial charge on any atom is 0.253 e. The predicted molar refractivity (Wildman–Crippen MR) is 140 cm³/mol. The van der Waals surface area contributed by atoms with E-state index < -0.39 is 32.8 Å². The van der Waals surface area contributed by atoms with Crippen molar-refractivity contribution in [3.63, 3.8) is 0 Å². The average molecular weight is 554 g/mol. The first-order valence-corrected chi connectivity index (χ1v) is 15.1. The van der Waals surface area contributed by atoms with Crippen LogP contribution in [0, 0.1) is 17.2 Å². The Morgan fingerprint density at radius 2 is 1.78 bits per heavy atom. The van der Waals surface area contributed by atoms with Gasteiger partial charge in [0.15, 0.2) is 0 Å². The molecule has 9 nitrogen and oxygen atoms in total. The highest BCUT2D eigenvalue weighted by atomic mass is 32.3. The monoisotopic (exact) mass is 553 g/mol. The first-order valence-electron chi connectivity index (χ1n) is 11.8. The molecule has 1 atom stereocenters. The number of nitriles is 1. The Kier molecular flexibility index (Phi) is 6.41. The van der Waals surface area contributed by atoms with E-state index in [1.54, 1.807) is 24.3 Å². The zero-order valence-electron chi connectivity index (χ0n) is 20.5. The van der Waals surface area contributed by atoms with Gasteiger partial charge in [-0.2, -0.15) is 9.57 Å². The fourth-order valence-corrected chi connectivity index (χ4v) is 7.27. The molecule has 1 saturated heterocycles. The van der Waals surface area contributed by atoms with Crippen molar-refractivity contribution in [1.82, 2.24) is 9.21 Å². The molecule has 2 fully saturated rings. The number of hydrogen-bond donors (Lipinski definition) is 2. The van der Waals surface area contributed by atoms with Crippen LogP contribution in [0.1, 0.15) is 17.5 Å². The van der Waals surface area contributed by atoms with Gasteiger partial charge in [-0.05, 0) is 51.9 Å². The van der Waals surface area contributed by atoms with Crippen molar-refractivity contribution < 1.29 is 26.3 Å². The molecule has 0 bridgehead atoms. The summed E-state index contributed by atoms with van der Waals surface area (Å²) in [6.45, 7) is 2.48. The first-order chi connectivity index (χ1) is 17.3. The Labute approximate surface area is 217 Å². The number of hydrogen-bond acceptors (Lipinski definition) is 8. The van der Waals surface area contributed by atoms with E-state index in [1.165, 1.54) is 26.2 Å². The topological polar surface area (TPSA) is 111 Å². The molecule has 1 saturated carbocycles. The van der Waals surface area contributed by atoms with Crippen LogP contribution >= 0.6 is 11.0 Å². The van der Waals surface area contributed by atoms with Crippen LogP contribution in [-0.2, 0) is 16.6 Å². The number of sulfonamides is 1. The maximum atomic E-state index is 13.6. The summed E-state index contributed by atoms with van der Waals surface area (Å²) in [7, 11) is -5.17. The van der Waals surface area contributed by atoms with Gasteiger partial charge >= 0.3 is 0 Å². The van der Waals surface area contributed by atoms with E-state index in [0.29, 0.717) is 60.8 Å². The lowest BCUT2D eigenvalue weighted by Crippen LogP contribution is -2.47. The average Bonchev–Trinajstić information content (AvgIpc) is 3.41. The Hall–Kier alpha value is -2.47. The third kappa shape index (κ3) is 4.89. The van der Waals surface area contributed by atoms with Crippen LogP contribution < -0.4 is 8.61 Å². The molecule has 3 aliphatic rings. The minimum atomic E-state index is -3.47. The van der Waals surface area contributed by atoms with Gasteiger partial charge in [0.25, 0.3) is 5.92 Å². The lowest BCUT2D eigenvalue weighted by Gasteiger charge is -2.42. The van der Waals surface area contributed by atoms with Gasteiger partial charge in [0, 0.05) is 58.7 Å². The summed E-state index contributed by atoms with van der Waals surface area (Å²) >= 11 is 0. The van der Waals surface area contributed by atoms with Crippen LogP contribution in [0.4, 0.5) is 20.2 Å². The van der Waals surface area contributed by atoms with E-state index in [-0.39, 0.29) is 13.0 Å². The second-order valence-corrected chi connectivity index (χ2v) is 13.8. The third-order valence-electron chi connectivity index (χ3n) is 7.31. The molecule has 2 aromatic rings. The molecule has 0 amide bonds. The molecule has 0 aromatic heterocycles. The molecule has 5 rings (SSSR count). The molecule has 13 heteroatoms. The smallest absolute Gasteiger partial charge is 0.253 e. The van der Waals surface area contributed by atoms with Crippen LogP contribution in [0.2, 0.25) is 0 Å². The van der Waals surface area contributed by atoms with Gasteiger partial charge in [-0.3, -0.25) is 22.6 Å². The quantitative estimate of drug-likeness (QED) is 0.556. The molecule has 2 aliphatic heterocycles. The summed E-state index contributed by atoms with van der Waals surface area (Å²) in [6, 6.07) is 12.9. The standard InChI is InChI=1S/C24H29F2N5O4S2/c1-28-23-12-18(5-6-22(23)31(37(28,34)35)16-20-13-24(20,25)26)21-11-17(3-4-19(21)14-27)15-29-7-9-30(10-8-29)36(2,32)33/h3-6,11-12,20,34-35H,7-10,13,15-16H2,1-2H3. The van der Waals surface area contributed by atoms with Crippen molar-refractivity contribution in [2.75, 3.05) is 54.6 Å². The summed E-state index contributed by atoms with van der Waals surface area (Å²) in [4.78, 5) is 2.16. The highest BCUT2D eigenvalue weighted by Crippen LogP contribution is 2.63. The highest BCUT2D eigenvalue weighted by Gasteiger charge is 2.59. The van der Waals surface area contributed by atoms with Gasteiger partial charge in [-0.25, -0.2) is 17.2 Å². The molecule has 1 aliphatic carbocycles. The van der Waals surface area contributed by atoms with Gasteiger partial charge in [0.2, 0.25) is 10.0 Å². The molecule has 1 unspecified atom stereocenters. The van der Waals surface area contributed by atoms with Crippen molar-refractivity contribution in [3.8, 4) is 17.2 Å². The summed E-state index contributed by atoms with van der Waals surface area (Å²) < 4.78 is 76.3. The van der Waals surface area contributed by atoms with Gasteiger partial charge in [0.1, 0.15) is 0 Å². The largest absolute Gasteiger partial charge is 0.296 e. The first kappa shape index (κ1) is 26.1. The fraction of sp³-hybridized carbons (Fsp3) is 0.458. The molecule has 200 valence electrons. The zero-order valence-corrected chi connectivity index (χ0v) is 22.1. The van der Waals surface area contributed by atoms with Gasteiger partial charge in [-0.1, -0.05) is 12.1 Å². The van der Waals surface area contributed by atoms with E-state index in [1.807, 2.05) is 12.1 Å². The number of nitrogens with zero attached hydrogens (tertiary/aromatic N) is 5. The van der Waals surface area contributed by atoms with Crippen molar-refractivity contribution in [3.05, 3.63) is 47.5 Å². The number of benzene rings is 2. The number of fused-ring (bicyclic) bond motifs is 1. The van der Waals surface area contributed by atoms with E-state index in [4.69, 9.17) is 0 Å². The Morgan fingerprint density at radius 1 is 1.11 bits per heavy atom. The molecule has 37 heavy (non-hydrogen) atoms. The van der Waals surface area contributed by atoms with E-state index in [0.717, 1.165) is 5.56 Å². The van der Waals surface area contributed by atoms with E-state index >= 15 is 0 Å². The highest BCUT2D eigenvalue weighted by molar-refractivity contribution is 8.26. The predicted octanol–water partition coefficient (Wildman–Crippen LogP) is 3.79. The second-order valence-electron chi connectivity index (χ2n) is 9.84. The molecule has 2 aromatic carbocycles. The summed E-state index contributed by atoms with van der Waals surface area (Å²) in [6.07, 6.45) is 0.945. The third-order valence-corrected chi connectivity index (χ3v) is 10.5. The zero-order chi connectivity index (χ0) is 26.8. The number of anilines is 2. The van der Waals surface area contributed by atoms with E-state index in [2.05, 4.69) is 11.0 Å². The molecular formula is C24H29F2N5O4S2. The molecule has 2 N–H and O–H groups in total. The number of piperazine rings is 1. The van der Waals surface area contributed by atoms with E-state index in [9.17, 15) is 31.6 Å². The van der Waals surface area contributed by atoms with Crippen molar-refractivity contribution >= 4 is 32.4 Å². The normalized spacial score (nSPS) is 24.0. The molecular weight excluding hydrogens is 524 g/mol. The summed E-state index contributed by atoms with van der Waals surface area (Å²) in [5.74, 6) is -3.70. The van der Waals surface area contributed by atoms with Crippen LogP contribution in [0.15, 0.2) is 36.4 Å². The molecule has 0 radical (unpaired) electrons. The van der Waals surface area contributed by atoms with Crippen molar-refractivity contribution in [2.24, 2.45) is 5.92 Å². The van der Waals surface area contributed by atoms with Crippen LogP contribution in [-0.4, -0.2) is 78.7 Å². The van der Waals surface area contributed by atoms with Crippen LogP contribution in [0.3, 0.4) is 0 Å². The summed E-state index contributed by atoms with van der Waals surface area (Å²) in [5.41, 5.74) is 3.74. The second kappa shape index (κ2) is 9.07. The van der Waals surface area contributed by atoms with Gasteiger partial charge < -0.3 is 0 Å². The summed E-state index contributed by atoms with van der Waals surface area (Å²) in [5, 5.41) is 9.73. The van der Waals surface area contributed by atoms with Gasteiger partial charge in [0.05, 0.1) is 29.3 Å².